The average molecular weight is 477 g/mol. The summed E-state index contributed by atoms with van der Waals surface area (Å²) in [4.78, 5) is 16.9. The van der Waals surface area contributed by atoms with Gasteiger partial charge in [-0.05, 0) is 37.6 Å². The molecule has 182 valence electrons. The number of hydrogen-bond donors (Lipinski definition) is 0. The number of benzene rings is 2. The van der Waals surface area contributed by atoms with Gasteiger partial charge in [0.1, 0.15) is 17.6 Å². The molecule has 4 heterocycles. The van der Waals surface area contributed by atoms with Crippen molar-refractivity contribution in [3.63, 3.8) is 0 Å². The first-order valence-corrected chi connectivity index (χ1v) is 12.0. The van der Waals surface area contributed by atoms with Gasteiger partial charge in [0, 0.05) is 23.7 Å². The summed E-state index contributed by atoms with van der Waals surface area (Å²) in [7, 11) is 1.69. The molecule has 3 fully saturated rings. The van der Waals surface area contributed by atoms with Crippen molar-refractivity contribution in [3.8, 4) is 23.0 Å². The fourth-order valence-electron chi connectivity index (χ4n) is 5.05. The standard InChI is InChI=1S/C26H28N4O5/c1-32-22-12-20(9-8-19(22)13-30-11-5-10-26(30)16-33-17-26)34-21-14-29(15-21)25(31)24-28-27-23(35-24)18-6-3-2-4-7-18/h2-4,6-9,12,21H,5,10-11,13-17H2,1H3. The molecule has 35 heavy (non-hydrogen) atoms. The van der Waals surface area contributed by atoms with Crippen LogP contribution in [0.3, 0.4) is 0 Å². The molecule has 0 saturated carbocycles. The molecule has 3 saturated heterocycles. The Morgan fingerprint density at radius 2 is 1.97 bits per heavy atom. The van der Waals surface area contributed by atoms with Gasteiger partial charge in [-0.3, -0.25) is 9.69 Å². The van der Waals surface area contributed by atoms with Crippen molar-refractivity contribution in [1.29, 1.82) is 0 Å². The molecule has 6 rings (SSSR count). The van der Waals surface area contributed by atoms with Crippen LogP contribution in [0, 0.1) is 0 Å². The van der Waals surface area contributed by atoms with Crippen molar-refractivity contribution in [3.05, 3.63) is 60.0 Å². The molecular formula is C26H28N4O5. The minimum absolute atomic E-state index is 0.00938. The summed E-state index contributed by atoms with van der Waals surface area (Å²) in [6.45, 7) is 4.50. The number of carbonyl (C=O) groups excluding carboxylic acids is 1. The summed E-state index contributed by atoms with van der Waals surface area (Å²) in [5, 5.41) is 7.92. The van der Waals surface area contributed by atoms with Gasteiger partial charge in [0.05, 0.1) is 39.0 Å². The largest absolute Gasteiger partial charge is 0.496 e. The highest BCUT2D eigenvalue weighted by Crippen LogP contribution is 2.38. The third kappa shape index (κ3) is 4.15. The molecule has 0 aliphatic carbocycles. The number of rotatable bonds is 7. The lowest BCUT2D eigenvalue weighted by Gasteiger charge is -2.45. The molecule has 0 bridgehead atoms. The number of aromatic nitrogens is 2. The Balaban J connectivity index is 1.05. The molecule has 1 spiro atoms. The number of nitrogens with zero attached hydrogens (tertiary/aromatic N) is 4. The second-order valence-electron chi connectivity index (χ2n) is 9.44. The van der Waals surface area contributed by atoms with E-state index in [1.165, 1.54) is 12.8 Å². The topological polar surface area (TPSA) is 90.2 Å². The maximum Gasteiger partial charge on any atom is 0.311 e. The van der Waals surface area contributed by atoms with Crippen LogP contribution in [-0.4, -0.2) is 77.5 Å². The summed E-state index contributed by atoms with van der Waals surface area (Å²) in [6, 6.07) is 15.4. The van der Waals surface area contributed by atoms with Crippen molar-refractivity contribution >= 4 is 5.91 Å². The second-order valence-corrected chi connectivity index (χ2v) is 9.44. The van der Waals surface area contributed by atoms with Gasteiger partial charge in [0.25, 0.3) is 0 Å². The van der Waals surface area contributed by atoms with Gasteiger partial charge in [0.2, 0.25) is 5.89 Å². The lowest BCUT2D eigenvalue weighted by molar-refractivity contribution is -0.125. The third-order valence-electron chi connectivity index (χ3n) is 7.17. The Labute approximate surface area is 203 Å². The predicted octanol–water partition coefficient (Wildman–Crippen LogP) is 3.01. The van der Waals surface area contributed by atoms with Crippen LogP contribution in [0.4, 0.5) is 0 Å². The molecule has 3 aliphatic rings. The fourth-order valence-corrected chi connectivity index (χ4v) is 5.05. The summed E-state index contributed by atoms with van der Waals surface area (Å²) >= 11 is 0. The monoisotopic (exact) mass is 476 g/mol. The molecule has 1 amide bonds. The lowest BCUT2D eigenvalue weighted by Crippen LogP contribution is -2.58. The first kappa shape index (κ1) is 22.1. The number of methoxy groups -OCH3 is 1. The zero-order valence-corrected chi connectivity index (χ0v) is 19.7. The summed E-state index contributed by atoms with van der Waals surface area (Å²) < 4.78 is 22.9. The zero-order chi connectivity index (χ0) is 23.8. The van der Waals surface area contributed by atoms with E-state index in [0.717, 1.165) is 48.9 Å². The highest BCUT2D eigenvalue weighted by molar-refractivity contribution is 5.90. The van der Waals surface area contributed by atoms with Gasteiger partial charge in [-0.1, -0.05) is 24.3 Å². The highest BCUT2D eigenvalue weighted by atomic mass is 16.5. The van der Waals surface area contributed by atoms with Gasteiger partial charge in [-0.2, -0.15) is 0 Å². The van der Waals surface area contributed by atoms with E-state index in [-0.39, 0.29) is 23.4 Å². The van der Waals surface area contributed by atoms with Gasteiger partial charge < -0.3 is 23.5 Å². The van der Waals surface area contributed by atoms with Crippen molar-refractivity contribution in [1.82, 2.24) is 20.0 Å². The van der Waals surface area contributed by atoms with E-state index < -0.39 is 0 Å². The molecule has 9 nitrogen and oxygen atoms in total. The Hall–Kier alpha value is -3.43. The first-order chi connectivity index (χ1) is 17.1. The molecule has 2 aromatic carbocycles. The van der Waals surface area contributed by atoms with E-state index >= 15 is 0 Å². The fraction of sp³-hybridized carbons (Fsp3) is 0.423. The van der Waals surface area contributed by atoms with E-state index in [9.17, 15) is 4.79 Å². The van der Waals surface area contributed by atoms with E-state index in [1.807, 2.05) is 42.5 Å². The molecule has 0 N–H and O–H groups in total. The van der Waals surface area contributed by atoms with E-state index in [0.29, 0.717) is 19.0 Å². The molecule has 9 heteroatoms. The van der Waals surface area contributed by atoms with E-state index in [1.54, 1.807) is 12.0 Å². The summed E-state index contributed by atoms with van der Waals surface area (Å²) in [5.74, 6) is 1.59. The van der Waals surface area contributed by atoms with Crippen molar-refractivity contribution in [2.75, 3.05) is 40.0 Å². The SMILES string of the molecule is COc1cc(OC2CN(C(=O)c3nnc(-c4ccccc4)o3)C2)ccc1CN1CCCC12COC2. The molecule has 3 aliphatic heterocycles. The Bertz CT molecular complexity index is 1200. The van der Waals surface area contributed by atoms with Crippen LogP contribution in [0.15, 0.2) is 52.9 Å². The van der Waals surface area contributed by atoms with E-state index in [2.05, 4.69) is 21.2 Å². The lowest BCUT2D eigenvalue weighted by atomic mass is 9.93. The molecule has 1 aromatic heterocycles. The normalized spacial score (nSPS) is 19.4. The van der Waals surface area contributed by atoms with Crippen LogP contribution >= 0.6 is 0 Å². The van der Waals surface area contributed by atoms with Gasteiger partial charge >= 0.3 is 11.8 Å². The van der Waals surface area contributed by atoms with Gasteiger partial charge in [-0.15, -0.1) is 10.2 Å². The first-order valence-electron chi connectivity index (χ1n) is 12.0. The highest BCUT2D eigenvalue weighted by Gasteiger charge is 2.47. The Kier molecular flexibility index (Phi) is 5.66. The molecular weight excluding hydrogens is 448 g/mol. The molecule has 0 atom stereocenters. The third-order valence-corrected chi connectivity index (χ3v) is 7.17. The minimum atomic E-state index is -0.285. The quantitative estimate of drug-likeness (QED) is 0.514. The van der Waals surface area contributed by atoms with Crippen LogP contribution in [0.2, 0.25) is 0 Å². The number of likely N-dealkylation sites (tertiary alicyclic amines) is 2. The predicted molar refractivity (Wildman–Crippen MR) is 126 cm³/mol. The Morgan fingerprint density at radius 1 is 1.14 bits per heavy atom. The number of hydrogen-bond acceptors (Lipinski definition) is 8. The smallest absolute Gasteiger partial charge is 0.311 e. The minimum Gasteiger partial charge on any atom is -0.496 e. The van der Waals surface area contributed by atoms with Gasteiger partial charge in [-0.25, -0.2) is 0 Å². The van der Waals surface area contributed by atoms with E-state index in [4.69, 9.17) is 18.6 Å². The van der Waals surface area contributed by atoms with Crippen LogP contribution < -0.4 is 9.47 Å². The van der Waals surface area contributed by atoms with Crippen LogP contribution in [0.25, 0.3) is 11.5 Å². The van der Waals surface area contributed by atoms with Crippen LogP contribution in [0.1, 0.15) is 29.1 Å². The molecule has 0 unspecified atom stereocenters. The van der Waals surface area contributed by atoms with Crippen molar-refractivity contribution in [2.24, 2.45) is 0 Å². The second kappa shape index (κ2) is 8.98. The van der Waals surface area contributed by atoms with Crippen molar-refractivity contribution < 1.29 is 23.4 Å². The summed E-state index contributed by atoms with van der Waals surface area (Å²) in [6.07, 6.45) is 2.31. The maximum atomic E-state index is 12.7. The summed E-state index contributed by atoms with van der Waals surface area (Å²) in [5.41, 5.74) is 2.13. The molecule has 0 radical (unpaired) electrons. The number of ether oxygens (including phenoxy) is 3. The van der Waals surface area contributed by atoms with Gasteiger partial charge in [0.15, 0.2) is 0 Å². The average Bonchev–Trinajstić information content (AvgIpc) is 3.50. The zero-order valence-electron chi connectivity index (χ0n) is 19.7. The molecule has 3 aromatic rings. The van der Waals surface area contributed by atoms with Crippen LogP contribution in [-0.2, 0) is 11.3 Å². The Morgan fingerprint density at radius 3 is 2.71 bits per heavy atom. The van der Waals surface area contributed by atoms with Crippen LogP contribution in [0.5, 0.6) is 11.5 Å². The number of carbonyl (C=O) groups is 1. The maximum absolute atomic E-state index is 12.7. The van der Waals surface area contributed by atoms with Crippen molar-refractivity contribution in [2.45, 2.75) is 31.0 Å². The number of amides is 1.